The van der Waals surface area contributed by atoms with Gasteiger partial charge in [0.1, 0.15) is 16.3 Å². The summed E-state index contributed by atoms with van der Waals surface area (Å²) in [7, 11) is -4.39. The van der Waals surface area contributed by atoms with Crippen LogP contribution >= 0.6 is 13.5 Å². The Labute approximate surface area is 170 Å². The fourth-order valence-corrected chi connectivity index (χ4v) is 3.96. The molecule has 0 saturated carbocycles. The number of carbonyl (C=O) groups excluding carboxylic acids is 1. The van der Waals surface area contributed by atoms with Gasteiger partial charge in [0.15, 0.2) is 17.5 Å². The van der Waals surface area contributed by atoms with Crippen molar-refractivity contribution in [2.24, 2.45) is 0 Å². The first-order valence-corrected chi connectivity index (χ1v) is 9.52. The minimum Gasteiger partial charge on any atom is -0.380 e. The van der Waals surface area contributed by atoms with E-state index < -0.39 is 55.7 Å². The van der Waals surface area contributed by atoms with Crippen molar-refractivity contribution in [3.05, 3.63) is 59.2 Å². The summed E-state index contributed by atoms with van der Waals surface area (Å²) < 4.78 is 87.0. The number of sulfonamides is 1. The molecular formula is C17H16F4N2O4S2. The number of amides is 1. The second-order valence-corrected chi connectivity index (χ2v) is 7.68. The van der Waals surface area contributed by atoms with Crippen LogP contribution in [0.25, 0.3) is 0 Å². The molecule has 1 aliphatic rings. The fourth-order valence-electron chi connectivity index (χ4n) is 2.63. The normalized spacial score (nSPS) is 16.3. The molecule has 0 aromatic heterocycles. The molecule has 0 aliphatic carbocycles. The molecule has 1 saturated heterocycles. The molecule has 29 heavy (non-hydrogen) atoms. The zero-order chi connectivity index (χ0) is 20.5. The summed E-state index contributed by atoms with van der Waals surface area (Å²) in [5.74, 6) is -6.74. The molecule has 2 aromatic rings. The van der Waals surface area contributed by atoms with Gasteiger partial charge in [-0.1, -0.05) is 0 Å². The highest BCUT2D eigenvalue weighted by molar-refractivity contribution is 7.89. The number of rotatable bonds is 5. The predicted molar refractivity (Wildman–Crippen MR) is 101 cm³/mol. The molecule has 0 radical (unpaired) electrons. The third kappa shape index (κ3) is 5.07. The SMILES string of the molecule is O=C(Nc1ccc(F)c(F)c1)c1c(F)ccc(S(=O)(=O)N[C@H]2CCOC2)c1F.S. The highest BCUT2D eigenvalue weighted by Gasteiger charge is 2.30. The molecule has 1 atom stereocenters. The van der Waals surface area contributed by atoms with Gasteiger partial charge in [0, 0.05) is 24.4 Å². The Morgan fingerprint density at radius 1 is 1.03 bits per heavy atom. The lowest BCUT2D eigenvalue weighted by Gasteiger charge is -2.14. The Hall–Kier alpha value is -2.15. The molecule has 12 heteroatoms. The van der Waals surface area contributed by atoms with Crippen LogP contribution < -0.4 is 10.0 Å². The van der Waals surface area contributed by atoms with Crippen LogP contribution in [0, 0.1) is 23.3 Å². The van der Waals surface area contributed by atoms with Gasteiger partial charge in [-0.25, -0.2) is 30.7 Å². The van der Waals surface area contributed by atoms with Gasteiger partial charge in [-0.05, 0) is 30.7 Å². The van der Waals surface area contributed by atoms with Crippen molar-refractivity contribution in [3.8, 4) is 0 Å². The molecule has 0 unspecified atom stereocenters. The number of ether oxygens (including phenoxy) is 1. The quantitative estimate of drug-likeness (QED) is 0.684. The first-order valence-electron chi connectivity index (χ1n) is 8.03. The molecular weight excluding hydrogens is 436 g/mol. The number of anilines is 1. The van der Waals surface area contributed by atoms with E-state index in [1.165, 1.54) is 0 Å². The zero-order valence-corrected chi connectivity index (χ0v) is 16.5. The molecule has 2 aromatic carbocycles. The molecule has 6 nitrogen and oxygen atoms in total. The zero-order valence-electron chi connectivity index (χ0n) is 14.6. The molecule has 1 heterocycles. The highest BCUT2D eigenvalue weighted by atomic mass is 32.2. The minimum absolute atomic E-state index is 0. The van der Waals surface area contributed by atoms with Crippen molar-refractivity contribution in [1.82, 2.24) is 4.72 Å². The summed E-state index contributed by atoms with van der Waals surface area (Å²) in [6.45, 7) is 0.437. The van der Waals surface area contributed by atoms with Crippen molar-refractivity contribution < 1.29 is 35.5 Å². The molecule has 1 aliphatic heterocycles. The number of hydrogen-bond donors (Lipinski definition) is 2. The van der Waals surface area contributed by atoms with E-state index in [1.54, 1.807) is 0 Å². The van der Waals surface area contributed by atoms with Gasteiger partial charge in [0.2, 0.25) is 10.0 Å². The lowest BCUT2D eigenvalue weighted by Crippen LogP contribution is -2.35. The van der Waals surface area contributed by atoms with Crippen molar-refractivity contribution in [2.45, 2.75) is 17.4 Å². The third-order valence-electron chi connectivity index (χ3n) is 4.00. The average molecular weight is 452 g/mol. The lowest BCUT2D eigenvalue weighted by atomic mass is 10.1. The van der Waals surface area contributed by atoms with Crippen molar-refractivity contribution in [1.29, 1.82) is 0 Å². The largest absolute Gasteiger partial charge is 0.380 e. The van der Waals surface area contributed by atoms with Gasteiger partial charge in [-0.3, -0.25) is 4.79 Å². The maximum atomic E-state index is 14.7. The lowest BCUT2D eigenvalue weighted by molar-refractivity contribution is 0.101. The van der Waals surface area contributed by atoms with Gasteiger partial charge in [-0.2, -0.15) is 13.5 Å². The highest BCUT2D eigenvalue weighted by Crippen LogP contribution is 2.23. The number of carbonyl (C=O) groups is 1. The molecule has 0 bridgehead atoms. The van der Waals surface area contributed by atoms with E-state index in [9.17, 15) is 30.8 Å². The van der Waals surface area contributed by atoms with E-state index in [2.05, 4.69) is 4.72 Å². The van der Waals surface area contributed by atoms with Crippen molar-refractivity contribution >= 4 is 35.1 Å². The number of halogens is 4. The number of benzene rings is 2. The van der Waals surface area contributed by atoms with Crippen LogP contribution in [0.5, 0.6) is 0 Å². The molecule has 1 amide bonds. The fraction of sp³-hybridized carbons (Fsp3) is 0.235. The Morgan fingerprint density at radius 2 is 1.72 bits per heavy atom. The summed E-state index contributed by atoms with van der Waals surface area (Å²) in [5.41, 5.74) is -1.44. The summed E-state index contributed by atoms with van der Waals surface area (Å²) in [6, 6.07) is 3.06. The van der Waals surface area contributed by atoms with Gasteiger partial charge >= 0.3 is 0 Å². The Balaban J connectivity index is 0.00000300. The molecule has 3 rings (SSSR count). The van der Waals surface area contributed by atoms with Gasteiger partial charge < -0.3 is 10.1 Å². The maximum absolute atomic E-state index is 14.7. The first kappa shape index (κ1) is 23.1. The first-order chi connectivity index (χ1) is 13.2. The summed E-state index contributed by atoms with van der Waals surface area (Å²) in [6.07, 6.45) is 0.380. The van der Waals surface area contributed by atoms with Crippen LogP contribution in [0.3, 0.4) is 0 Å². The summed E-state index contributed by atoms with van der Waals surface area (Å²) >= 11 is 0. The Kier molecular flexibility index (Phi) is 7.27. The Morgan fingerprint density at radius 3 is 2.34 bits per heavy atom. The van der Waals surface area contributed by atoms with E-state index in [0.717, 1.165) is 6.07 Å². The van der Waals surface area contributed by atoms with Gasteiger partial charge in [0.25, 0.3) is 5.91 Å². The second kappa shape index (κ2) is 9.11. The predicted octanol–water partition coefficient (Wildman–Crippen LogP) is 2.68. The van der Waals surface area contributed by atoms with Crippen LogP contribution in [0.4, 0.5) is 23.2 Å². The summed E-state index contributed by atoms with van der Waals surface area (Å²) in [4.78, 5) is 11.3. The van der Waals surface area contributed by atoms with E-state index in [1.807, 2.05) is 5.32 Å². The third-order valence-corrected chi connectivity index (χ3v) is 5.54. The molecule has 0 spiro atoms. The monoisotopic (exact) mass is 452 g/mol. The molecule has 1 fully saturated rings. The van der Waals surface area contributed by atoms with E-state index in [0.29, 0.717) is 37.3 Å². The van der Waals surface area contributed by atoms with Crippen LogP contribution in [0.1, 0.15) is 16.8 Å². The topological polar surface area (TPSA) is 84.5 Å². The maximum Gasteiger partial charge on any atom is 0.261 e. The van der Waals surface area contributed by atoms with Gasteiger partial charge in [0.05, 0.1) is 6.61 Å². The standard InChI is InChI=1S/C17H14F4N2O4S.H2S/c18-11-2-1-9(7-13(11)20)22-17(24)15-12(19)3-4-14(16(15)21)28(25,26)23-10-5-6-27-8-10;/h1-4,7,10,23H,5-6,8H2,(H,22,24);1H2/t10-;/m0./s1. The number of nitrogens with one attached hydrogen (secondary N) is 2. The van der Waals surface area contributed by atoms with E-state index in [4.69, 9.17) is 4.74 Å². The second-order valence-electron chi connectivity index (χ2n) is 6.00. The van der Waals surface area contributed by atoms with Gasteiger partial charge in [-0.15, -0.1) is 0 Å². The molecule has 158 valence electrons. The van der Waals surface area contributed by atoms with Crippen LogP contribution in [-0.4, -0.2) is 33.6 Å². The van der Waals surface area contributed by atoms with Crippen LogP contribution in [-0.2, 0) is 14.8 Å². The van der Waals surface area contributed by atoms with E-state index in [-0.39, 0.29) is 25.8 Å². The Bertz CT molecular complexity index is 1030. The smallest absolute Gasteiger partial charge is 0.261 e. The van der Waals surface area contributed by atoms with Crippen LogP contribution in [0.15, 0.2) is 35.2 Å². The van der Waals surface area contributed by atoms with Crippen molar-refractivity contribution in [2.75, 3.05) is 18.5 Å². The summed E-state index contributed by atoms with van der Waals surface area (Å²) in [5, 5.41) is 2.00. The number of hydrogen-bond acceptors (Lipinski definition) is 4. The minimum atomic E-state index is -4.39. The molecule has 2 N–H and O–H groups in total. The average Bonchev–Trinajstić information content (AvgIpc) is 3.10. The van der Waals surface area contributed by atoms with E-state index >= 15 is 0 Å². The van der Waals surface area contributed by atoms with Crippen molar-refractivity contribution in [3.63, 3.8) is 0 Å². The van der Waals surface area contributed by atoms with Crippen LogP contribution in [0.2, 0.25) is 0 Å².